The largest absolute Gasteiger partial charge is 0.375 e. The van der Waals surface area contributed by atoms with Crippen LogP contribution < -0.4 is 0 Å². The van der Waals surface area contributed by atoms with Crippen molar-refractivity contribution in [2.75, 3.05) is 0 Å². The van der Waals surface area contributed by atoms with Gasteiger partial charge in [-0.2, -0.15) is 0 Å². The Balaban J connectivity index is 4.39. The summed E-state index contributed by atoms with van der Waals surface area (Å²) in [5, 5.41) is 19.1. The number of rotatable bonds is 4. The Morgan fingerprint density at radius 2 is 1.79 bits per heavy atom. The van der Waals surface area contributed by atoms with Gasteiger partial charge in [-0.05, 0) is 27.7 Å². The van der Waals surface area contributed by atoms with Gasteiger partial charge in [-0.3, -0.25) is 0 Å². The Hall–Kier alpha value is -0.910. The first-order chi connectivity index (χ1) is 6.40. The second-order valence-electron chi connectivity index (χ2n) is 2.97. The summed E-state index contributed by atoms with van der Waals surface area (Å²) < 4.78 is 0. The lowest BCUT2D eigenvalue weighted by Crippen LogP contribution is -2.41. The van der Waals surface area contributed by atoms with Gasteiger partial charge in [0.2, 0.25) is 0 Å². The first kappa shape index (κ1) is 13.1. The highest BCUT2D eigenvalue weighted by Crippen LogP contribution is 2.06. The molecule has 0 fully saturated rings. The molecule has 2 atom stereocenters. The van der Waals surface area contributed by atoms with Crippen LogP contribution in [0.4, 0.5) is 0 Å². The van der Waals surface area contributed by atoms with Gasteiger partial charge < -0.3 is 15.1 Å². The molecule has 82 valence electrons. The molecule has 5 heteroatoms. The number of allylic oxidation sites excluding steroid dienone is 1. The molecule has 0 radical (unpaired) electrons. The lowest BCUT2D eigenvalue weighted by Gasteiger charge is -2.25. The molecule has 0 saturated heterocycles. The SMILES string of the molecule is CC=C(C)C(=O)ON(C(C)O)C(C)O. The van der Waals surface area contributed by atoms with E-state index < -0.39 is 18.4 Å². The molecule has 0 bridgehead atoms. The summed E-state index contributed by atoms with van der Waals surface area (Å²) in [6.07, 6.45) is -0.517. The summed E-state index contributed by atoms with van der Waals surface area (Å²) >= 11 is 0. The predicted octanol–water partition coefficient (Wildman–Crippen LogP) is 0.389. The number of hydroxylamine groups is 2. The topological polar surface area (TPSA) is 70.0 Å². The van der Waals surface area contributed by atoms with Crippen LogP contribution in [0, 0.1) is 0 Å². The van der Waals surface area contributed by atoms with Crippen molar-refractivity contribution in [2.45, 2.75) is 40.2 Å². The van der Waals surface area contributed by atoms with Crippen molar-refractivity contribution in [1.82, 2.24) is 5.06 Å². The van der Waals surface area contributed by atoms with Gasteiger partial charge in [-0.1, -0.05) is 11.1 Å². The van der Waals surface area contributed by atoms with Crippen LogP contribution >= 0.6 is 0 Å². The Kier molecular flexibility index (Phi) is 5.37. The third kappa shape index (κ3) is 3.87. The van der Waals surface area contributed by atoms with Crippen molar-refractivity contribution in [2.24, 2.45) is 0 Å². The van der Waals surface area contributed by atoms with Crippen LogP contribution in [-0.2, 0) is 9.63 Å². The van der Waals surface area contributed by atoms with Gasteiger partial charge in [0, 0.05) is 5.57 Å². The van der Waals surface area contributed by atoms with E-state index in [1.807, 2.05) is 0 Å². The maximum Gasteiger partial charge on any atom is 0.352 e. The molecule has 0 rings (SSSR count). The Labute approximate surface area is 83.5 Å². The first-order valence-electron chi connectivity index (χ1n) is 4.39. The number of hydrogen-bond donors (Lipinski definition) is 2. The fourth-order valence-electron chi connectivity index (χ4n) is 0.750. The van der Waals surface area contributed by atoms with Crippen molar-refractivity contribution >= 4 is 5.97 Å². The highest BCUT2D eigenvalue weighted by molar-refractivity contribution is 5.87. The second kappa shape index (κ2) is 5.74. The molecule has 0 heterocycles. The van der Waals surface area contributed by atoms with Crippen LogP contribution in [0.15, 0.2) is 11.6 Å². The summed E-state index contributed by atoms with van der Waals surface area (Å²) in [4.78, 5) is 16.0. The predicted molar refractivity (Wildman–Crippen MR) is 50.7 cm³/mol. The number of carbonyl (C=O) groups excluding carboxylic acids is 1. The average Bonchev–Trinajstić information content (AvgIpc) is 2.11. The number of nitrogens with zero attached hydrogens (tertiary/aromatic N) is 1. The number of aliphatic hydroxyl groups is 2. The standard InChI is InChI=1S/C9H17NO4/c1-5-6(2)9(13)14-10(7(3)11)8(4)12/h5,7-8,11-12H,1-4H3. The Morgan fingerprint density at radius 1 is 1.36 bits per heavy atom. The maximum absolute atomic E-state index is 11.2. The number of aliphatic hydroxyl groups excluding tert-OH is 2. The van der Waals surface area contributed by atoms with Gasteiger partial charge in [0.05, 0.1) is 0 Å². The van der Waals surface area contributed by atoms with Gasteiger partial charge >= 0.3 is 5.97 Å². The molecule has 0 aliphatic heterocycles. The van der Waals surface area contributed by atoms with Crippen molar-refractivity contribution < 1.29 is 19.8 Å². The van der Waals surface area contributed by atoms with Crippen LogP contribution in [0.5, 0.6) is 0 Å². The molecule has 5 nitrogen and oxygen atoms in total. The molecular formula is C9H17NO4. The molecule has 2 unspecified atom stereocenters. The van der Waals surface area contributed by atoms with Gasteiger partial charge in [-0.25, -0.2) is 4.79 Å². The molecule has 0 aromatic heterocycles. The smallest absolute Gasteiger partial charge is 0.352 e. The van der Waals surface area contributed by atoms with Crippen molar-refractivity contribution in [3.63, 3.8) is 0 Å². The molecule has 0 aliphatic carbocycles. The lowest BCUT2D eigenvalue weighted by molar-refractivity contribution is -0.273. The van der Waals surface area contributed by atoms with E-state index in [0.29, 0.717) is 5.57 Å². The highest BCUT2D eigenvalue weighted by Gasteiger charge is 2.21. The van der Waals surface area contributed by atoms with E-state index in [2.05, 4.69) is 0 Å². The summed E-state index contributed by atoms with van der Waals surface area (Å²) in [7, 11) is 0. The molecular weight excluding hydrogens is 186 g/mol. The summed E-state index contributed by atoms with van der Waals surface area (Å²) in [6, 6.07) is 0. The molecule has 2 N–H and O–H groups in total. The van der Waals surface area contributed by atoms with E-state index in [0.717, 1.165) is 5.06 Å². The van der Waals surface area contributed by atoms with Crippen LogP contribution in [-0.4, -0.2) is 33.7 Å². The van der Waals surface area contributed by atoms with Crippen molar-refractivity contribution in [3.8, 4) is 0 Å². The monoisotopic (exact) mass is 203 g/mol. The molecule has 0 spiro atoms. The van der Waals surface area contributed by atoms with E-state index in [1.54, 1.807) is 19.9 Å². The van der Waals surface area contributed by atoms with Crippen molar-refractivity contribution in [1.29, 1.82) is 0 Å². The van der Waals surface area contributed by atoms with Crippen LogP contribution in [0.2, 0.25) is 0 Å². The third-order valence-corrected chi connectivity index (χ3v) is 1.68. The molecule has 0 amide bonds. The third-order valence-electron chi connectivity index (χ3n) is 1.68. The highest BCUT2D eigenvalue weighted by atomic mass is 16.7. The van der Waals surface area contributed by atoms with Gasteiger partial charge in [0.15, 0.2) is 0 Å². The van der Waals surface area contributed by atoms with Crippen molar-refractivity contribution in [3.05, 3.63) is 11.6 Å². The average molecular weight is 203 g/mol. The van der Waals surface area contributed by atoms with E-state index in [1.165, 1.54) is 13.8 Å². The van der Waals surface area contributed by atoms with E-state index in [9.17, 15) is 4.79 Å². The second-order valence-corrected chi connectivity index (χ2v) is 2.97. The summed E-state index contributed by atoms with van der Waals surface area (Å²) in [5.41, 5.74) is 0.413. The summed E-state index contributed by atoms with van der Waals surface area (Å²) in [6.45, 7) is 6.08. The minimum Gasteiger partial charge on any atom is -0.375 e. The van der Waals surface area contributed by atoms with E-state index in [4.69, 9.17) is 15.1 Å². The minimum atomic E-state index is -1.05. The molecule has 0 aliphatic rings. The van der Waals surface area contributed by atoms with Gasteiger partial charge in [0.1, 0.15) is 12.5 Å². The maximum atomic E-state index is 11.2. The van der Waals surface area contributed by atoms with Gasteiger partial charge in [-0.15, -0.1) is 0 Å². The minimum absolute atomic E-state index is 0.413. The van der Waals surface area contributed by atoms with Crippen LogP contribution in [0.1, 0.15) is 27.7 Å². The zero-order valence-corrected chi connectivity index (χ0v) is 8.89. The fraction of sp³-hybridized carbons (Fsp3) is 0.667. The summed E-state index contributed by atoms with van der Waals surface area (Å²) in [5.74, 6) is -0.589. The quantitative estimate of drug-likeness (QED) is 0.393. The zero-order chi connectivity index (χ0) is 11.3. The van der Waals surface area contributed by atoms with E-state index in [-0.39, 0.29) is 0 Å². The molecule has 14 heavy (non-hydrogen) atoms. The molecule has 0 aromatic carbocycles. The fourth-order valence-corrected chi connectivity index (χ4v) is 0.750. The number of hydrogen-bond acceptors (Lipinski definition) is 5. The number of carbonyl (C=O) groups is 1. The van der Waals surface area contributed by atoms with Gasteiger partial charge in [0.25, 0.3) is 0 Å². The Bertz CT molecular complexity index is 215. The normalized spacial score (nSPS) is 16.6. The first-order valence-corrected chi connectivity index (χ1v) is 4.39. The molecule has 0 saturated carbocycles. The van der Waals surface area contributed by atoms with Crippen LogP contribution in [0.25, 0.3) is 0 Å². The van der Waals surface area contributed by atoms with Crippen LogP contribution in [0.3, 0.4) is 0 Å². The zero-order valence-electron chi connectivity index (χ0n) is 8.89. The van der Waals surface area contributed by atoms with E-state index >= 15 is 0 Å². The molecule has 0 aromatic rings. The lowest BCUT2D eigenvalue weighted by atomic mass is 10.3. The Morgan fingerprint density at radius 3 is 2.07 bits per heavy atom.